The van der Waals surface area contributed by atoms with Crippen LogP contribution >= 0.6 is 0 Å². The maximum absolute atomic E-state index is 12.2. The highest BCUT2D eigenvalue weighted by molar-refractivity contribution is 5.85. The van der Waals surface area contributed by atoms with E-state index in [1.807, 2.05) is 6.07 Å². The van der Waals surface area contributed by atoms with E-state index in [9.17, 15) is 14.7 Å². The van der Waals surface area contributed by atoms with Gasteiger partial charge in [-0.3, -0.25) is 9.59 Å². The Bertz CT molecular complexity index is 385. The van der Waals surface area contributed by atoms with E-state index < -0.39 is 17.5 Å². The number of aliphatic carboxylic acids is 1. The predicted octanol–water partition coefficient (Wildman–Crippen LogP) is 1.02. The molecule has 1 fully saturated rings. The van der Waals surface area contributed by atoms with Crippen LogP contribution in [-0.4, -0.2) is 47.7 Å². The van der Waals surface area contributed by atoms with Gasteiger partial charge in [0.1, 0.15) is 0 Å². The molecule has 1 atom stereocenters. The van der Waals surface area contributed by atoms with Crippen LogP contribution in [0.3, 0.4) is 0 Å². The van der Waals surface area contributed by atoms with Gasteiger partial charge in [-0.1, -0.05) is 13.8 Å². The van der Waals surface area contributed by atoms with Crippen molar-refractivity contribution >= 4 is 11.9 Å². The lowest BCUT2D eigenvalue weighted by Gasteiger charge is -2.33. The van der Waals surface area contributed by atoms with Crippen LogP contribution in [0.1, 0.15) is 33.1 Å². The Morgan fingerprint density at radius 3 is 2.58 bits per heavy atom. The fraction of sp³-hybridized carbons (Fsp3) is 0.769. The van der Waals surface area contributed by atoms with Crippen molar-refractivity contribution in [2.24, 2.45) is 5.41 Å². The van der Waals surface area contributed by atoms with E-state index in [4.69, 9.17) is 10.00 Å². The molecule has 1 amide bonds. The zero-order valence-electron chi connectivity index (χ0n) is 11.4. The zero-order chi connectivity index (χ0) is 14.5. The highest BCUT2D eigenvalue weighted by atomic mass is 16.5. The zero-order valence-corrected chi connectivity index (χ0v) is 11.4. The van der Waals surface area contributed by atoms with Gasteiger partial charge in [0, 0.05) is 13.0 Å². The van der Waals surface area contributed by atoms with Crippen LogP contribution in [0.2, 0.25) is 0 Å². The molecule has 1 saturated heterocycles. The van der Waals surface area contributed by atoms with Gasteiger partial charge in [0.15, 0.2) is 6.10 Å². The molecule has 0 aromatic heterocycles. The van der Waals surface area contributed by atoms with Crippen LogP contribution in [0, 0.1) is 16.7 Å². The fourth-order valence-corrected chi connectivity index (χ4v) is 2.23. The number of amides is 1. The van der Waals surface area contributed by atoms with E-state index in [2.05, 4.69) is 0 Å². The number of nitriles is 1. The molecular weight excluding hydrogens is 248 g/mol. The summed E-state index contributed by atoms with van der Waals surface area (Å²) in [6, 6.07) is 1.97. The molecule has 1 N–H and O–H groups in total. The Kier molecular flexibility index (Phi) is 5.31. The van der Waals surface area contributed by atoms with E-state index in [0.717, 1.165) is 0 Å². The van der Waals surface area contributed by atoms with E-state index in [1.165, 1.54) is 4.90 Å². The summed E-state index contributed by atoms with van der Waals surface area (Å²) in [5.74, 6) is -1.15. The number of carboxylic acids is 1. The maximum Gasteiger partial charge on any atom is 0.310 e. The summed E-state index contributed by atoms with van der Waals surface area (Å²) in [4.78, 5) is 25.1. The van der Waals surface area contributed by atoms with Crippen LogP contribution in [0.5, 0.6) is 0 Å². The van der Waals surface area contributed by atoms with E-state index in [0.29, 0.717) is 26.0 Å². The highest BCUT2D eigenvalue weighted by Gasteiger charge is 2.39. The third-order valence-corrected chi connectivity index (χ3v) is 3.86. The van der Waals surface area contributed by atoms with Crippen molar-refractivity contribution in [1.82, 2.24) is 4.90 Å². The molecule has 19 heavy (non-hydrogen) atoms. The van der Waals surface area contributed by atoms with Crippen molar-refractivity contribution in [2.75, 3.05) is 19.7 Å². The van der Waals surface area contributed by atoms with Gasteiger partial charge in [0.2, 0.25) is 5.91 Å². The molecule has 6 heteroatoms. The Hall–Kier alpha value is -1.61. The largest absolute Gasteiger partial charge is 0.481 e. The quantitative estimate of drug-likeness (QED) is 0.803. The molecule has 0 spiro atoms. The molecule has 1 heterocycles. The summed E-state index contributed by atoms with van der Waals surface area (Å²) in [5, 5.41) is 18.1. The van der Waals surface area contributed by atoms with Gasteiger partial charge in [-0.05, 0) is 12.8 Å². The molecule has 0 aromatic rings. The lowest BCUT2D eigenvalue weighted by atomic mass is 9.79. The van der Waals surface area contributed by atoms with Gasteiger partial charge >= 0.3 is 5.97 Å². The number of carbonyl (C=O) groups is 2. The molecule has 0 bridgehead atoms. The molecule has 6 nitrogen and oxygen atoms in total. The van der Waals surface area contributed by atoms with Crippen LogP contribution < -0.4 is 0 Å². The Morgan fingerprint density at radius 1 is 1.47 bits per heavy atom. The lowest BCUT2D eigenvalue weighted by Crippen LogP contribution is -2.47. The summed E-state index contributed by atoms with van der Waals surface area (Å²) in [7, 11) is 0. The second-order valence-electron chi connectivity index (χ2n) is 4.80. The van der Waals surface area contributed by atoms with Crippen molar-refractivity contribution in [3.05, 3.63) is 0 Å². The van der Waals surface area contributed by atoms with E-state index in [-0.39, 0.29) is 18.9 Å². The minimum absolute atomic E-state index is 0.0204. The summed E-state index contributed by atoms with van der Waals surface area (Å²) in [5.41, 5.74) is -1.00. The number of morpholine rings is 1. The summed E-state index contributed by atoms with van der Waals surface area (Å²) in [6.07, 6.45) is 0.195. The molecule has 0 aliphatic carbocycles. The normalized spacial score (nSPS) is 19.8. The van der Waals surface area contributed by atoms with Crippen molar-refractivity contribution in [3.63, 3.8) is 0 Å². The highest BCUT2D eigenvalue weighted by Crippen LogP contribution is 2.32. The van der Waals surface area contributed by atoms with Gasteiger partial charge in [0.05, 0.1) is 24.6 Å². The topological polar surface area (TPSA) is 90.6 Å². The van der Waals surface area contributed by atoms with Crippen LogP contribution in [0.25, 0.3) is 0 Å². The second-order valence-corrected chi connectivity index (χ2v) is 4.80. The van der Waals surface area contributed by atoms with Crippen molar-refractivity contribution in [3.8, 4) is 6.07 Å². The van der Waals surface area contributed by atoms with Gasteiger partial charge in [0.25, 0.3) is 0 Å². The number of hydrogen-bond acceptors (Lipinski definition) is 4. The first kappa shape index (κ1) is 15.4. The fourth-order valence-electron chi connectivity index (χ4n) is 2.23. The van der Waals surface area contributed by atoms with E-state index in [1.54, 1.807) is 13.8 Å². The van der Waals surface area contributed by atoms with Gasteiger partial charge < -0.3 is 14.7 Å². The molecule has 106 valence electrons. The molecule has 1 unspecified atom stereocenters. The van der Waals surface area contributed by atoms with Crippen molar-refractivity contribution in [2.45, 2.75) is 39.2 Å². The molecular formula is C13H20N2O4. The number of carboxylic acid groups (broad SMARTS) is 1. The van der Waals surface area contributed by atoms with Crippen molar-refractivity contribution < 1.29 is 19.4 Å². The first-order valence-corrected chi connectivity index (χ1v) is 6.51. The van der Waals surface area contributed by atoms with Gasteiger partial charge in [-0.25, -0.2) is 0 Å². The van der Waals surface area contributed by atoms with Gasteiger partial charge in [-0.2, -0.15) is 5.26 Å². The van der Waals surface area contributed by atoms with Crippen LogP contribution in [0.4, 0.5) is 0 Å². The third kappa shape index (κ3) is 3.44. The predicted molar refractivity (Wildman–Crippen MR) is 67.2 cm³/mol. The molecule has 0 saturated carbocycles. The SMILES string of the molecule is CCC(CC)(CC(=O)N1CCOC(C#N)C1)C(=O)O. The average Bonchev–Trinajstić information content (AvgIpc) is 2.44. The first-order chi connectivity index (χ1) is 8.99. The number of hydrogen-bond donors (Lipinski definition) is 1. The van der Waals surface area contributed by atoms with Crippen LogP contribution in [0.15, 0.2) is 0 Å². The Balaban J connectivity index is 2.72. The lowest BCUT2D eigenvalue weighted by molar-refractivity contribution is -0.155. The molecule has 0 aromatic carbocycles. The van der Waals surface area contributed by atoms with Crippen molar-refractivity contribution in [1.29, 1.82) is 5.26 Å². The number of nitrogens with zero attached hydrogens (tertiary/aromatic N) is 2. The maximum atomic E-state index is 12.2. The smallest absolute Gasteiger partial charge is 0.310 e. The summed E-state index contributed by atoms with van der Waals surface area (Å²) in [6.45, 7) is 4.52. The molecule has 0 radical (unpaired) electrons. The minimum atomic E-state index is -1.00. The third-order valence-electron chi connectivity index (χ3n) is 3.86. The summed E-state index contributed by atoms with van der Waals surface area (Å²) < 4.78 is 5.17. The van der Waals surface area contributed by atoms with Crippen LogP contribution in [-0.2, 0) is 14.3 Å². The minimum Gasteiger partial charge on any atom is -0.481 e. The standard InChI is InChI=1S/C13H20N2O4/c1-3-13(4-2,12(17)18)7-11(16)15-5-6-19-10(8-14)9-15/h10H,3-7,9H2,1-2H3,(H,17,18). The summed E-state index contributed by atoms with van der Waals surface area (Å²) >= 11 is 0. The number of rotatable bonds is 5. The first-order valence-electron chi connectivity index (χ1n) is 6.51. The monoisotopic (exact) mass is 268 g/mol. The molecule has 1 rings (SSSR count). The molecule has 1 aliphatic heterocycles. The van der Waals surface area contributed by atoms with Gasteiger partial charge in [-0.15, -0.1) is 0 Å². The Labute approximate surface area is 112 Å². The average molecular weight is 268 g/mol. The molecule has 1 aliphatic rings. The Morgan fingerprint density at radius 2 is 2.11 bits per heavy atom. The van der Waals surface area contributed by atoms with E-state index >= 15 is 0 Å². The number of carbonyl (C=O) groups excluding carboxylic acids is 1. The second kappa shape index (κ2) is 6.53. The number of ether oxygens (including phenoxy) is 1.